The molecule has 4 heteroatoms. The Morgan fingerprint density at radius 1 is 0.952 bits per heavy atom. The number of hydrogen-bond acceptors (Lipinski definition) is 1. The van der Waals surface area contributed by atoms with E-state index in [1.165, 1.54) is 0 Å². The zero-order chi connectivity index (χ0) is 14.8. The molecule has 0 spiro atoms. The smallest absolute Gasteiger partial charge is 0.255 e. The third kappa shape index (κ3) is 3.27. The molecule has 0 aliphatic rings. The minimum absolute atomic E-state index is 0.0936. The predicted octanol–water partition coefficient (Wildman–Crippen LogP) is 5.46. The lowest BCUT2D eigenvalue weighted by Crippen LogP contribution is -2.12. The molecule has 0 aliphatic carbocycles. The number of nitrogens with one attached hydrogen (secondary N) is 1. The van der Waals surface area contributed by atoms with Crippen LogP contribution in [0.1, 0.15) is 10.4 Å². The Morgan fingerprint density at radius 2 is 1.67 bits per heavy atom. The molecule has 0 heterocycles. The molecule has 0 atom stereocenters. The SMILES string of the molecule is O=C(Nc1ccccc1I)c1ccc2cc(Br)ccc2c1. The van der Waals surface area contributed by atoms with E-state index in [9.17, 15) is 4.79 Å². The maximum Gasteiger partial charge on any atom is 0.255 e. The number of hydrogen-bond donors (Lipinski definition) is 1. The first-order valence-electron chi connectivity index (χ1n) is 6.39. The Labute approximate surface area is 144 Å². The lowest BCUT2D eigenvalue weighted by atomic mass is 10.1. The summed E-state index contributed by atoms with van der Waals surface area (Å²) in [5, 5.41) is 5.10. The van der Waals surface area contributed by atoms with E-state index in [1.807, 2.05) is 60.7 Å². The summed E-state index contributed by atoms with van der Waals surface area (Å²) in [5.41, 5.74) is 1.49. The van der Waals surface area contributed by atoms with E-state index in [4.69, 9.17) is 0 Å². The molecule has 0 radical (unpaired) electrons. The number of carbonyl (C=O) groups excluding carboxylic acids is 1. The van der Waals surface area contributed by atoms with Crippen LogP contribution in [-0.4, -0.2) is 5.91 Å². The van der Waals surface area contributed by atoms with Gasteiger partial charge in [0, 0.05) is 13.6 Å². The molecule has 0 aliphatic heterocycles. The third-order valence-corrected chi connectivity index (χ3v) is 4.62. The summed E-state index contributed by atoms with van der Waals surface area (Å²) in [5.74, 6) is -0.0936. The van der Waals surface area contributed by atoms with Crippen LogP contribution in [0.5, 0.6) is 0 Å². The third-order valence-electron chi connectivity index (χ3n) is 3.19. The number of fused-ring (bicyclic) bond motifs is 1. The lowest BCUT2D eigenvalue weighted by Gasteiger charge is -2.08. The van der Waals surface area contributed by atoms with Crippen molar-refractivity contribution < 1.29 is 4.79 Å². The first kappa shape index (κ1) is 14.5. The van der Waals surface area contributed by atoms with E-state index in [2.05, 4.69) is 43.8 Å². The molecule has 0 bridgehead atoms. The number of amides is 1. The Kier molecular flexibility index (Phi) is 4.26. The summed E-state index contributed by atoms with van der Waals surface area (Å²) in [7, 11) is 0. The van der Waals surface area contributed by atoms with Gasteiger partial charge < -0.3 is 5.32 Å². The normalized spacial score (nSPS) is 10.6. The molecule has 0 aromatic heterocycles. The summed E-state index contributed by atoms with van der Waals surface area (Å²) in [6.07, 6.45) is 0. The average Bonchev–Trinajstić information content (AvgIpc) is 2.49. The Hall–Kier alpha value is -1.40. The van der Waals surface area contributed by atoms with Gasteiger partial charge in [0.2, 0.25) is 0 Å². The molecule has 3 rings (SSSR count). The highest BCUT2D eigenvalue weighted by atomic mass is 127. The van der Waals surface area contributed by atoms with Gasteiger partial charge in [-0.25, -0.2) is 0 Å². The molecule has 21 heavy (non-hydrogen) atoms. The van der Waals surface area contributed by atoms with Crippen LogP contribution in [0.15, 0.2) is 65.1 Å². The van der Waals surface area contributed by atoms with E-state index >= 15 is 0 Å². The number of rotatable bonds is 2. The molecule has 0 saturated carbocycles. The van der Waals surface area contributed by atoms with E-state index in [0.717, 1.165) is 24.5 Å². The molecule has 0 unspecified atom stereocenters. The van der Waals surface area contributed by atoms with Gasteiger partial charge in [0.05, 0.1) is 5.69 Å². The van der Waals surface area contributed by atoms with Crippen molar-refractivity contribution in [2.75, 3.05) is 5.32 Å². The van der Waals surface area contributed by atoms with Crippen molar-refractivity contribution in [2.24, 2.45) is 0 Å². The van der Waals surface area contributed by atoms with E-state index in [1.54, 1.807) is 0 Å². The minimum atomic E-state index is -0.0936. The summed E-state index contributed by atoms with van der Waals surface area (Å²) in [4.78, 5) is 12.4. The molecule has 2 nitrogen and oxygen atoms in total. The fourth-order valence-corrected chi connectivity index (χ4v) is 3.02. The molecular formula is C17H11BrINO. The highest BCUT2D eigenvalue weighted by Gasteiger charge is 2.08. The predicted molar refractivity (Wildman–Crippen MR) is 98.8 cm³/mol. The Balaban J connectivity index is 1.91. The van der Waals surface area contributed by atoms with Crippen LogP contribution in [0.3, 0.4) is 0 Å². The first-order valence-corrected chi connectivity index (χ1v) is 8.26. The summed E-state index contributed by atoms with van der Waals surface area (Å²) < 4.78 is 2.05. The quantitative estimate of drug-likeness (QED) is 0.515. The fourth-order valence-electron chi connectivity index (χ4n) is 2.11. The standard InChI is InChI=1S/C17H11BrINO/c18-14-8-7-11-9-13(6-5-12(11)10-14)17(21)20-16-4-2-1-3-15(16)19/h1-10H,(H,20,21). The van der Waals surface area contributed by atoms with Gasteiger partial charge >= 0.3 is 0 Å². The molecule has 104 valence electrons. The van der Waals surface area contributed by atoms with Crippen molar-refractivity contribution in [2.45, 2.75) is 0 Å². The van der Waals surface area contributed by atoms with Gasteiger partial charge in [-0.2, -0.15) is 0 Å². The Morgan fingerprint density at radius 3 is 2.48 bits per heavy atom. The van der Waals surface area contributed by atoms with Crippen LogP contribution in [0.25, 0.3) is 10.8 Å². The van der Waals surface area contributed by atoms with Gasteiger partial charge in [-0.05, 0) is 69.8 Å². The first-order chi connectivity index (χ1) is 10.1. The van der Waals surface area contributed by atoms with Crippen LogP contribution in [0, 0.1) is 3.57 Å². The largest absolute Gasteiger partial charge is 0.321 e. The van der Waals surface area contributed by atoms with Crippen molar-refractivity contribution in [3.05, 3.63) is 74.3 Å². The van der Waals surface area contributed by atoms with Gasteiger partial charge in [-0.15, -0.1) is 0 Å². The van der Waals surface area contributed by atoms with Crippen molar-refractivity contribution in [1.82, 2.24) is 0 Å². The highest BCUT2D eigenvalue weighted by molar-refractivity contribution is 14.1. The van der Waals surface area contributed by atoms with Gasteiger partial charge in [0.25, 0.3) is 5.91 Å². The zero-order valence-corrected chi connectivity index (χ0v) is 14.7. The van der Waals surface area contributed by atoms with Crippen LogP contribution >= 0.6 is 38.5 Å². The molecule has 1 amide bonds. The number of para-hydroxylation sites is 1. The topological polar surface area (TPSA) is 29.1 Å². The van der Waals surface area contributed by atoms with E-state index in [-0.39, 0.29) is 5.91 Å². The molecule has 3 aromatic carbocycles. The van der Waals surface area contributed by atoms with Gasteiger partial charge in [0.15, 0.2) is 0 Å². The molecule has 0 fully saturated rings. The minimum Gasteiger partial charge on any atom is -0.321 e. The van der Waals surface area contributed by atoms with Gasteiger partial charge in [-0.1, -0.05) is 40.2 Å². The van der Waals surface area contributed by atoms with Crippen molar-refractivity contribution in [3.8, 4) is 0 Å². The maximum absolute atomic E-state index is 12.4. The molecule has 0 saturated heterocycles. The second kappa shape index (κ2) is 6.15. The number of anilines is 1. The van der Waals surface area contributed by atoms with Gasteiger partial charge in [0.1, 0.15) is 0 Å². The second-order valence-corrected chi connectivity index (χ2v) is 6.72. The summed E-state index contributed by atoms with van der Waals surface area (Å²) in [6, 6.07) is 19.5. The maximum atomic E-state index is 12.4. The summed E-state index contributed by atoms with van der Waals surface area (Å²) in [6.45, 7) is 0. The Bertz CT molecular complexity index is 832. The molecular weight excluding hydrogens is 441 g/mol. The lowest BCUT2D eigenvalue weighted by molar-refractivity contribution is 0.102. The molecule has 3 aromatic rings. The van der Waals surface area contributed by atoms with Crippen LogP contribution in [0.2, 0.25) is 0 Å². The van der Waals surface area contributed by atoms with Crippen molar-refractivity contribution in [1.29, 1.82) is 0 Å². The monoisotopic (exact) mass is 451 g/mol. The highest BCUT2D eigenvalue weighted by Crippen LogP contribution is 2.22. The van der Waals surface area contributed by atoms with Crippen molar-refractivity contribution >= 4 is 60.9 Å². The van der Waals surface area contributed by atoms with Crippen molar-refractivity contribution in [3.63, 3.8) is 0 Å². The second-order valence-electron chi connectivity index (χ2n) is 4.64. The van der Waals surface area contributed by atoms with Crippen LogP contribution in [0.4, 0.5) is 5.69 Å². The van der Waals surface area contributed by atoms with Crippen LogP contribution < -0.4 is 5.32 Å². The zero-order valence-electron chi connectivity index (χ0n) is 10.9. The number of benzene rings is 3. The average molecular weight is 452 g/mol. The van der Waals surface area contributed by atoms with E-state index < -0.39 is 0 Å². The summed E-state index contributed by atoms with van der Waals surface area (Å²) >= 11 is 5.66. The fraction of sp³-hybridized carbons (Fsp3) is 0. The van der Waals surface area contributed by atoms with Crippen LogP contribution in [-0.2, 0) is 0 Å². The number of carbonyl (C=O) groups is 1. The molecule has 1 N–H and O–H groups in total. The van der Waals surface area contributed by atoms with Gasteiger partial charge in [-0.3, -0.25) is 4.79 Å². The number of halogens is 2. The van der Waals surface area contributed by atoms with E-state index in [0.29, 0.717) is 5.56 Å².